The smallest absolute Gasteiger partial charge is 0.277 e. The average Bonchev–Trinajstić information content (AvgIpc) is 2.77. The zero-order valence-electron chi connectivity index (χ0n) is 16.9. The van der Waals surface area contributed by atoms with Crippen LogP contribution in [0, 0.1) is 11.8 Å². The Morgan fingerprint density at radius 1 is 1.03 bits per heavy atom. The molecule has 154 valence electrons. The SMILES string of the molecule is CC(=O)c1ccc(NC(=O)C2CCC(Cn3nnc4ccccc4c3=O)CC2)cc1. The largest absolute Gasteiger partial charge is 0.326 e. The van der Waals surface area contributed by atoms with Gasteiger partial charge in [-0.2, -0.15) is 0 Å². The number of benzene rings is 2. The van der Waals surface area contributed by atoms with Gasteiger partial charge in [-0.15, -0.1) is 5.10 Å². The van der Waals surface area contributed by atoms with E-state index in [1.54, 1.807) is 36.4 Å². The monoisotopic (exact) mass is 404 g/mol. The number of nitrogens with one attached hydrogen (secondary N) is 1. The van der Waals surface area contributed by atoms with E-state index in [1.807, 2.05) is 12.1 Å². The molecule has 7 nitrogen and oxygen atoms in total. The molecule has 3 aromatic rings. The van der Waals surface area contributed by atoms with Gasteiger partial charge in [0.1, 0.15) is 5.52 Å². The third-order valence-electron chi connectivity index (χ3n) is 5.84. The van der Waals surface area contributed by atoms with E-state index in [0.717, 1.165) is 25.7 Å². The first-order valence-corrected chi connectivity index (χ1v) is 10.3. The van der Waals surface area contributed by atoms with E-state index >= 15 is 0 Å². The van der Waals surface area contributed by atoms with Crippen molar-refractivity contribution in [2.24, 2.45) is 11.8 Å². The van der Waals surface area contributed by atoms with Crippen molar-refractivity contribution in [2.45, 2.75) is 39.2 Å². The number of anilines is 1. The summed E-state index contributed by atoms with van der Waals surface area (Å²) in [5, 5.41) is 11.7. The van der Waals surface area contributed by atoms with Crippen molar-refractivity contribution in [1.82, 2.24) is 15.0 Å². The summed E-state index contributed by atoms with van der Waals surface area (Å²) in [7, 11) is 0. The Balaban J connectivity index is 1.33. The number of hydrogen-bond donors (Lipinski definition) is 1. The molecule has 1 heterocycles. The fraction of sp³-hybridized carbons (Fsp3) is 0.348. The van der Waals surface area contributed by atoms with E-state index < -0.39 is 0 Å². The van der Waals surface area contributed by atoms with Gasteiger partial charge in [0.2, 0.25) is 5.91 Å². The Morgan fingerprint density at radius 3 is 2.43 bits per heavy atom. The van der Waals surface area contributed by atoms with Gasteiger partial charge in [-0.25, -0.2) is 4.68 Å². The molecule has 1 N–H and O–H groups in total. The number of fused-ring (bicyclic) bond motifs is 1. The number of Topliss-reactive ketones (excluding diaryl/α,β-unsaturated/α-hetero) is 1. The maximum Gasteiger partial charge on any atom is 0.277 e. The molecule has 0 aliphatic heterocycles. The van der Waals surface area contributed by atoms with Gasteiger partial charge in [0.25, 0.3) is 5.56 Å². The number of carbonyl (C=O) groups excluding carboxylic acids is 2. The van der Waals surface area contributed by atoms with Crippen LogP contribution in [-0.4, -0.2) is 26.7 Å². The standard InChI is InChI=1S/C23H24N4O3/c1-15(28)17-10-12-19(13-11-17)24-22(29)18-8-6-16(7-9-18)14-27-23(30)20-4-2-3-5-21(20)25-26-27/h2-5,10-13,16,18H,6-9,14H2,1H3,(H,24,29). The highest BCUT2D eigenvalue weighted by Crippen LogP contribution is 2.30. The molecule has 4 rings (SSSR count). The predicted octanol–water partition coefficient (Wildman–Crippen LogP) is 3.44. The van der Waals surface area contributed by atoms with Gasteiger partial charge in [0.15, 0.2) is 5.78 Å². The number of nitrogens with zero attached hydrogens (tertiary/aromatic N) is 3. The minimum Gasteiger partial charge on any atom is -0.326 e. The van der Waals surface area contributed by atoms with Gasteiger partial charge in [-0.05, 0) is 74.9 Å². The van der Waals surface area contributed by atoms with Crippen molar-refractivity contribution in [2.75, 3.05) is 5.32 Å². The van der Waals surface area contributed by atoms with Crippen LogP contribution in [0.5, 0.6) is 0 Å². The van der Waals surface area contributed by atoms with Crippen molar-refractivity contribution in [3.8, 4) is 0 Å². The highest BCUT2D eigenvalue weighted by atomic mass is 16.2. The van der Waals surface area contributed by atoms with Crippen LogP contribution in [0.15, 0.2) is 53.3 Å². The minimum atomic E-state index is -0.116. The summed E-state index contributed by atoms with van der Waals surface area (Å²) in [4.78, 5) is 36.6. The second-order valence-electron chi connectivity index (χ2n) is 7.93. The zero-order chi connectivity index (χ0) is 21.1. The number of carbonyl (C=O) groups is 2. The molecule has 1 aliphatic rings. The summed E-state index contributed by atoms with van der Waals surface area (Å²) >= 11 is 0. The van der Waals surface area contributed by atoms with Crippen molar-refractivity contribution in [3.05, 3.63) is 64.4 Å². The van der Waals surface area contributed by atoms with Crippen molar-refractivity contribution in [3.63, 3.8) is 0 Å². The van der Waals surface area contributed by atoms with Crippen LogP contribution in [0.2, 0.25) is 0 Å². The zero-order valence-corrected chi connectivity index (χ0v) is 16.9. The summed E-state index contributed by atoms with van der Waals surface area (Å²) in [6.45, 7) is 2.04. The molecule has 2 aromatic carbocycles. The fourth-order valence-corrected chi connectivity index (χ4v) is 4.03. The molecule has 0 atom stereocenters. The minimum absolute atomic E-state index is 0.00130. The number of amides is 1. The normalized spacial score (nSPS) is 18.8. The molecule has 0 radical (unpaired) electrons. The first kappa shape index (κ1) is 19.9. The third kappa shape index (κ3) is 4.30. The maximum absolute atomic E-state index is 12.6. The van der Waals surface area contributed by atoms with Gasteiger partial charge < -0.3 is 5.32 Å². The molecular formula is C23H24N4O3. The Labute approximate surface area is 174 Å². The Kier molecular flexibility index (Phi) is 5.70. The Bertz CT molecular complexity index is 1130. The van der Waals surface area contributed by atoms with Crippen LogP contribution in [0.25, 0.3) is 10.9 Å². The number of ketones is 1. The van der Waals surface area contributed by atoms with E-state index in [2.05, 4.69) is 15.6 Å². The molecule has 0 spiro atoms. The van der Waals surface area contributed by atoms with Crippen LogP contribution in [-0.2, 0) is 11.3 Å². The lowest BCUT2D eigenvalue weighted by Gasteiger charge is -2.27. The molecule has 1 amide bonds. The van der Waals surface area contributed by atoms with E-state index in [-0.39, 0.29) is 23.2 Å². The number of aromatic nitrogens is 3. The molecule has 1 fully saturated rings. The van der Waals surface area contributed by atoms with Crippen molar-refractivity contribution < 1.29 is 9.59 Å². The van der Waals surface area contributed by atoms with Gasteiger partial charge in [-0.1, -0.05) is 17.3 Å². The third-order valence-corrected chi connectivity index (χ3v) is 5.84. The van der Waals surface area contributed by atoms with Crippen LogP contribution >= 0.6 is 0 Å². The van der Waals surface area contributed by atoms with Crippen LogP contribution in [0.3, 0.4) is 0 Å². The van der Waals surface area contributed by atoms with Gasteiger partial charge >= 0.3 is 0 Å². The second-order valence-corrected chi connectivity index (χ2v) is 7.93. The van der Waals surface area contributed by atoms with E-state index in [0.29, 0.717) is 34.6 Å². The lowest BCUT2D eigenvalue weighted by atomic mass is 9.81. The van der Waals surface area contributed by atoms with Crippen LogP contribution in [0.1, 0.15) is 43.0 Å². The summed E-state index contributed by atoms with van der Waals surface area (Å²) < 4.78 is 1.45. The molecule has 1 aliphatic carbocycles. The topological polar surface area (TPSA) is 93.9 Å². The van der Waals surface area contributed by atoms with Gasteiger partial charge in [-0.3, -0.25) is 14.4 Å². The summed E-state index contributed by atoms with van der Waals surface area (Å²) in [6, 6.07) is 14.2. The average molecular weight is 404 g/mol. The van der Waals surface area contributed by atoms with E-state index in [4.69, 9.17) is 0 Å². The predicted molar refractivity (Wildman–Crippen MR) is 114 cm³/mol. The molecule has 1 aromatic heterocycles. The molecule has 0 saturated heterocycles. The molecule has 7 heteroatoms. The van der Waals surface area contributed by atoms with E-state index in [9.17, 15) is 14.4 Å². The fourth-order valence-electron chi connectivity index (χ4n) is 4.03. The molecule has 0 unspecified atom stereocenters. The molecular weight excluding hydrogens is 380 g/mol. The second kappa shape index (κ2) is 8.57. The highest BCUT2D eigenvalue weighted by Gasteiger charge is 2.27. The first-order valence-electron chi connectivity index (χ1n) is 10.3. The lowest BCUT2D eigenvalue weighted by molar-refractivity contribution is -0.121. The maximum atomic E-state index is 12.6. The summed E-state index contributed by atoms with van der Waals surface area (Å²) in [5.41, 5.74) is 1.82. The van der Waals surface area contributed by atoms with Gasteiger partial charge in [0, 0.05) is 23.7 Å². The summed E-state index contributed by atoms with van der Waals surface area (Å²) in [6.07, 6.45) is 3.28. The van der Waals surface area contributed by atoms with Gasteiger partial charge in [0.05, 0.1) is 5.39 Å². The Hall–Kier alpha value is -3.35. The molecule has 0 bridgehead atoms. The summed E-state index contributed by atoms with van der Waals surface area (Å²) in [5.74, 6) is 0.262. The number of rotatable bonds is 5. The quantitative estimate of drug-likeness (QED) is 0.658. The Morgan fingerprint density at radius 2 is 1.73 bits per heavy atom. The lowest BCUT2D eigenvalue weighted by Crippen LogP contribution is -2.32. The van der Waals surface area contributed by atoms with Crippen LogP contribution < -0.4 is 10.9 Å². The molecule has 1 saturated carbocycles. The number of hydrogen-bond acceptors (Lipinski definition) is 5. The van der Waals surface area contributed by atoms with Crippen molar-refractivity contribution >= 4 is 28.3 Å². The van der Waals surface area contributed by atoms with Crippen molar-refractivity contribution in [1.29, 1.82) is 0 Å². The van der Waals surface area contributed by atoms with Crippen LogP contribution in [0.4, 0.5) is 5.69 Å². The highest BCUT2D eigenvalue weighted by molar-refractivity contribution is 5.96. The first-order chi connectivity index (χ1) is 14.5. The molecule has 30 heavy (non-hydrogen) atoms. The van der Waals surface area contributed by atoms with E-state index in [1.165, 1.54) is 11.6 Å².